The van der Waals surface area contributed by atoms with Crippen LogP contribution in [0.3, 0.4) is 0 Å². The van der Waals surface area contributed by atoms with E-state index in [-0.39, 0.29) is 101 Å². The normalized spacial score (nSPS) is 11.2. The highest BCUT2D eigenvalue weighted by atomic mass is 16.6. The molecule has 2 amide bonds. The zero-order valence-electron chi connectivity index (χ0n) is 30.7. The highest BCUT2D eigenvalue weighted by Gasteiger charge is 2.13. The summed E-state index contributed by atoms with van der Waals surface area (Å²) in [7, 11) is 0. The molecule has 0 spiro atoms. The Bertz CT molecular complexity index is 1040. The molecule has 3 atom stereocenters. The van der Waals surface area contributed by atoms with Gasteiger partial charge in [-0.1, -0.05) is 54.7 Å². The topological polar surface area (TPSA) is 232 Å². The first-order chi connectivity index (χ1) is 24.2. The number of carbonyl (C=O) groups excluding carboxylic acids is 7. The van der Waals surface area contributed by atoms with E-state index < -0.39 is 24.1 Å². The van der Waals surface area contributed by atoms with Gasteiger partial charge in [-0.2, -0.15) is 5.26 Å². The molecule has 51 heavy (non-hydrogen) atoms. The molecule has 0 aliphatic heterocycles. The molecule has 290 valence electrons. The summed E-state index contributed by atoms with van der Waals surface area (Å²) >= 11 is 0. The van der Waals surface area contributed by atoms with Crippen molar-refractivity contribution in [1.29, 1.82) is 5.26 Å². The Kier molecular flexibility index (Phi) is 34.2. The van der Waals surface area contributed by atoms with Crippen molar-refractivity contribution >= 4 is 42.0 Å². The number of carbonyl (C=O) groups is 7. The molecular formula is C34H55N3O14. The highest BCUT2D eigenvalue weighted by Crippen LogP contribution is 2.04. The van der Waals surface area contributed by atoms with Crippen molar-refractivity contribution in [1.82, 2.24) is 10.6 Å². The van der Waals surface area contributed by atoms with Crippen LogP contribution < -0.4 is 10.6 Å². The molecule has 0 aromatic carbocycles. The second-order valence-electron chi connectivity index (χ2n) is 10.2. The van der Waals surface area contributed by atoms with Gasteiger partial charge in [-0.3, -0.25) is 14.4 Å². The second-order valence-corrected chi connectivity index (χ2v) is 10.2. The van der Waals surface area contributed by atoms with Gasteiger partial charge in [-0.15, -0.1) is 0 Å². The molecule has 0 fully saturated rings. The first kappa shape index (κ1) is 50.2. The lowest BCUT2D eigenvalue weighted by molar-refractivity contribution is -0.149. The maximum atomic E-state index is 11.3. The monoisotopic (exact) mass is 729 g/mol. The van der Waals surface area contributed by atoms with E-state index in [0.29, 0.717) is 12.8 Å². The molecule has 0 heterocycles. The fraction of sp³-hybridized carbons (Fsp3) is 0.647. The van der Waals surface area contributed by atoms with Crippen molar-refractivity contribution in [3.63, 3.8) is 0 Å². The van der Waals surface area contributed by atoms with E-state index in [9.17, 15) is 33.6 Å². The van der Waals surface area contributed by atoms with Gasteiger partial charge < -0.3 is 43.8 Å². The van der Waals surface area contributed by atoms with Gasteiger partial charge in [0, 0.05) is 12.2 Å². The van der Waals surface area contributed by atoms with Gasteiger partial charge in [-0.25, -0.2) is 19.2 Å². The average Bonchev–Trinajstić information content (AvgIpc) is 3.14. The molecule has 17 heteroatoms. The van der Waals surface area contributed by atoms with Gasteiger partial charge in [0.15, 0.2) is 0 Å². The lowest BCUT2D eigenvalue weighted by Gasteiger charge is -2.10. The largest absolute Gasteiger partial charge is 0.464 e. The zero-order valence-corrected chi connectivity index (χ0v) is 30.7. The van der Waals surface area contributed by atoms with Gasteiger partial charge in [0.2, 0.25) is 0 Å². The summed E-state index contributed by atoms with van der Waals surface area (Å²) in [6.07, 6.45) is 3.19. The maximum absolute atomic E-state index is 11.3. The third kappa shape index (κ3) is 33.1. The van der Waals surface area contributed by atoms with Crippen molar-refractivity contribution < 1.29 is 66.7 Å². The average molecular weight is 730 g/mol. The molecule has 3 unspecified atom stereocenters. The molecule has 2 N–H and O–H groups in total. The number of hydrogen-bond acceptors (Lipinski definition) is 15. The minimum absolute atomic E-state index is 0.0159. The minimum Gasteiger partial charge on any atom is -0.464 e. The lowest BCUT2D eigenvalue weighted by atomic mass is 10.1. The van der Waals surface area contributed by atoms with E-state index >= 15 is 0 Å². The highest BCUT2D eigenvalue weighted by molar-refractivity contribution is 5.81. The van der Waals surface area contributed by atoms with Gasteiger partial charge in [0.25, 0.3) is 0 Å². The predicted octanol–water partition coefficient (Wildman–Crippen LogP) is 3.55. The van der Waals surface area contributed by atoms with Crippen LogP contribution in [-0.4, -0.2) is 101 Å². The Morgan fingerprint density at radius 3 is 1.16 bits per heavy atom. The summed E-state index contributed by atoms with van der Waals surface area (Å²) < 4.78 is 33.3. The van der Waals surface area contributed by atoms with Crippen molar-refractivity contribution in [2.75, 3.05) is 59.3 Å². The van der Waals surface area contributed by atoms with Crippen LogP contribution in [0.5, 0.6) is 0 Å². The maximum Gasteiger partial charge on any atom is 0.407 e. The molecule has 0 aliphatic rings. The number of nitriles is 1. The SMILES string of the molecule is C=CC(=O)OCCNC(=O)OCCOC(=O)C(C)CC.C=CC(=O)OCCNC(=O)OCCOC(=O)C(C)CC.CCC(C)C(=O)OCCC#N. The van der Waals surface area contributed by atoms with Crippen LogP contribution in [-0.2, 0) is 57.1 Å². The van der Waals surface area contributed by atoms with E-state index in [1.54, 1.807) is 13.8 Å². The fourth-order valence-corrected chi connectivity index (χ4v) is 2.51. The van der Waals surface area contributed by atoms with E-state index in [1.807, 2.05) is 33.8 Å². The van der Waals surface area contributed by atoms with Crippen molar-refractivity contribution in [2.24, 2.45) is 17.8 Å². The Hall–Kier alpha value is -5.14. The summed E-state index contributed by atoms with van der Waals surface area (Å²) in [6.45, 7) is 18.0. The number of ether oxygens (including phenoxy) is 7. The summed E-state index contributed by atoms with van der Waals surface area (Å²) in [5, 5.41) is 12.9. The molecule has 0 aromatic heterocycles. The fourth-order valence-electron chi connectivity index (χ4n) is 2.51. The quantitative estimate of drug-likeness (QED) is 0.0702. The summed E-state index contributed by atoms with van der Waals surface area (Å²) in [4.78, 5) is 77.2. The third-order valence-corrected chi connectivity index (χ3v) is 6.19. The van der Waals surface area contributed by atoms with Crippen LogP contribution in [0.1, 0.15) is 67.2 Å². The van der Waals surface area contributed by atoms with Crippen LogP contribution in [0.2, 0.25) is 0 Å². The molecule has 0 aromatic rings. The summed E-state index contributed by atoms with van der Waals surface area (Å²) in [5.74, 6) is -2.32. The summed E-state index contributed by atoms with van der Waals surface area (Å²) in [6, 6.07) is 1.90. The number of alkyl carbamates (subject to hydrolysis) is 2. The van der Waals surface area contributed by atoms with Crippen molar-refractivity contribution in [3.05, 3.63) is 25.3 Å². The van der Waals surface area contributed by atoms with Crippen LogP contribution in [0, 0.1) is 29.1 Å². The number of rotatable bonds is 22. The van der Waals surface area contributed by atoms with Crippen molar-refractivity contribution in [3.8, 4) is 6.07 Å². The smallest absolute Gasteiger partial charge is 0.407 e. The van der Waals surface area contributed by atoms with Gasteiger partial charge in [-0.05, 0) is 19.3 Å². The van der Waals surface area contributed by atoms with Crippen molar-refractivity contribution in [2.45, 2.75) is 67.2 Å². The molecule has 0 radical (unpaired) electrons. The number of amides is 2. The molecule has 0 aliphatic carbocycles. The minimum atomic E-state index is -0.667. The van der Waals surface area contributed by atoms with Crippen LogP contribution in [0.25, 0.3) is 0 Å². The van der Waals surface area contributed by atoms with Crippen LogP contribution in [0.15, 0.2) is 25.3 Å². The molecule has 0 bridgehead atoms. The van der Waals surface area contributed by atoms with E-state index in [1.165, 1.54) is 0 Å². The second kappa shape index (κ2) is 34.7. The van der Waals surface area contributed by atoms with Crippen LogP contribution >= 0.6 is 0 Å². The Morgan fingerprint density at radius 1 is 0.549 bits per heavy atom. The summed E-state index contributed by atoms with van der Waals surface area (Å²) in [5.41, 5.74) is 0. The molecule has 0 saturated heterocycles. The van der Waals surface area contributed by atoms with Crippen LogP contribution in [0.4, 0.5) is 9.59 Å². The predicted molar refractivity (Wildman–Crippen MR) is 182 cm³/mol. The van der Waals surface area contributed by atoms with E-state index in [0.717, 1.165) is 18.6 Å². The first-order valence-electron chi connectivity index (χ1n) is 16.5. The van der Waals surface area contributed by atoms with Gasteiger partial charge in [0.1, 0.15) is 46.2 Å². The number of nitrogens with zero attached hydrogens (tertiary/aromatic N) is 1. The molecule has 0 saturated carbocycles. The number of hydrogen-bond donors (Lipinski definition) is 2. The zero-order chi connectivity index (χ0) is 39.5. The first-order valence-corrected chi connectivity index (χ1v) is 16.5. The Labute approximate surface area is 300 Å². The van der Waals surface area contributed by atoms with E-state index in [2.05, 4.69) is 33.3 Å². The lowest BCUT2D eigenvalue weighted by Crippen LogP contribution is -2.29. The Balaban J connectivity index is -0.000000708. The Morgan fingerprint density at radius 2 is 0.863 bits per heavy atom. The van der Waals surface area contributed by atoms with Gasteiger partial charge >= 0.3 is 42.0 Å². The standard InChI is InChI=1S/2C13H21NO6.C8H13NO2/c2*1-4-10(3)12(16)19-8-9-20-13(17)14-6-7-18-11(15)5-2;1-3-7(2)8(10)11-6-4-5-9/h2*5,10H,2,4,6-9H2,1,3H3,(H,14,17);7H,3-4,6H2,1-2H3. The number of esters is 5. The van der Waals surface area contributed by atoms with E-state index in [4.69, 9.17) is 28.9 Å². The van der Waals surface area contributed by atoms with Gasteiger partial charge in [0.05, 0.1) is 43.3 Å². The molecule has 17 nitrogen and oxygen atoms in total. The number of nitrogens with one attached hydrogen (secondary N) is 2. The molecular weight excluding hydrogens is 674 g/mol. The third-order valence-electron chi connectivity index (χ3n) is 6.19. The molecule has 0 rings (SSSR count).